The van der Waals surface area contributed by atoms with Crippen molar-refractivity contribution >= 4 is 11.6 Å². The number of benzene rings is 2. The molecule has 0 unspecified atom stereocenters. The van der Waals surface area contributed by atoms with Gasteiger partial charge in [-0.15, -0.1) is 11.6 Å². The van der Waals surface area contributed by atoms with E-state index in [-0.39, 0.29) is 0 Å². The molecule has 0 aliphatic carbocycles. The molecule has 8 heteroatoms. The molecule has 0 spiro atoms. The van der Waals surface area contributed by atoms with Gasteiger partial charge in [0.25, 0.3) is 0 Å². The summed E-state index contributed by atoms with van der Waals surface area (Å²) >= 11 is 5.21. The van der Waals surface area contributed by atoms with E-state index in [2.05, 4.69) is 0 Å². The van der Waals surface area contributed by atoms with Crippen molar-refractivity contribution in [2.75, 3.05) is 0 Å². The molecule has 0 nitrogen and oxygen atoms in total. The van der Waals surface area contributed by atoms with Gasteiger partial charge in [0, 0.05) is 5.56 Å². The van der Waals surface area contributed by atoms with Gasteiger partial charge in [-0.05, 0) is 17.7 Å². The normalized spacial score (nSPS) is 11.8. The average Bonchev–Trinajstić information content (AvgIpc) is 2.46. The number of hydrogen-bond acceptors (Lipinski definition) is 0. The first-order valence-corrected chi connectivity index (χ1v) is 6.30. The zero-order chi connectivity index (χ0) is 16.7. The molecule has 0 heterocycles. The van der Waals surface area contributed by atoms with E-state index in [0.717, 1.165) is 12.1 Å². The van der Waals surface area contributed by atoms with Crippen LogP contribution in [-0.4, -0.2) is 0 Å². The summed E-state index contributed by atoms with van der Waals surface area (Å²) in [5.74, 6) is -7.57. The predicted octanol–water partition coefficient (Wildman–Crippen LogP) is 5.67. The van der Waals surface area contributed by atoms with Crippen molar-refractivity contribution in [1.82, 2.24) is 0 Å². The maximum Gasteiger partial charge on any atom is 0.416 e. The fourth-order valence-corrected chi connectivity index (χ4v) is 2.11. The lowest BCUT2D eigenvalue weighted by Crippen LogP contribution is -2.06. The highest BCUT2D eigenvalue weighted by molar-refractivity contribution is 6.17. The van der Waals surface area contributed by atoms with E-state index in [1.54, 1.807) is 0 Å². The molecule has 0 aliphatic heterocycles. The Kier molecular flexibility index (Phi) is 4.37. The summed E-state index contributed by atoms with van der Waals surface area (Å²) < 4.78 is 92.2. The van der Waals surface area contributed by atoms with Crippen molar-refractivity contribution in [3.8, 4) is 11.1 Å². The van der Waals surface area contributed by atoms with Gasteiger partial charge in [-0.3, -0.25) is 0 Å². The molecule has 2 aromatic carbocycles. The summed E-state index contributed by atoms with van der Waals surface area (Å²) in [6.45, 7) is 0. The van der Waals surface area contributed by atoms with E-state index in [0.29, 0.717) is 12.1 Å². The van der Waals surface area contributed by atoms with Gasteiger partial charge < -0.3 is 0 Å². The Morgan fingerprint density at radius 1 is 0.773 bits per heavy atom. The maximum atomic E-state index is 13.8. The van der Waals surface area contributed by atoms with Crippen molar-refractivity contribution in [2.24, 2.45) is 0 Å². The van der Waals surface area contributed by atoms with Crippen LogP contribution in [0.1, 0.15) is 11.1 Å². The van der Waals surface area contributed by atoms with Crippen LogP contribution in [0.4, 0.5) is 30.7 Å². The predicted molar refractivity (Wildman–Crippen MR) is 66.3 cm³/mol. The van der Waals surface area contributed by atoms with Crippen LogP contribution in [0.3, 0.4) is 0 Å². The van der Waals surface area contributed by atoms with E-state index >= 15 is 0 Å². The lowest BCUT2D eigenvalue weighted by Gasteiger charge is -2.12. The van der Waals surface area contributed by atoms with Crippen molar-refractivity contribution in [2.45, 2.75) is 12.1 Å². The van der Waals surface area contributed by atoms with Crippen LogP contribution in [0, 0.1) is 23.3 Å². The molecule has 0 saturated carbocycles. The minimum Gasteiger partial charge on any atom is -0.203 e. The minimum atomic E-state index is -4.64. The Hall–Kier alpha value is -1.76. The first-order chi connectivity index (χ1) is 10.2. The molecule has 0 fully saturated rings. The molecule has 118 valence electrons. The molecule has 0 amide bonds. The third kappa shape index (κ3) is 2.77. The molecular weight excluding hydrogens is 337 g/mol. The van der Waals surface area contributed by atoms with Crippen LogP contribution in [0.2, 0.25) is 0 Å². The Labute approximate surface area is 125 Å². The molecule has 0 aromatic heterocycles. The summed E-state index contributed by atoms with van der Waals surface area (Å²) in [6.07, 6.45) is -4.64. The van der Waals surface area contributed by atoms with E-state index < -0.39 is 57.6 Å². The van der Waals surface area contributed by atoms with Gasteiger partial charge in [-0.1, -0.05) is 12.1 Å². The summed E-state index contributed by atoms with van der Waals surface area (Å²) in [5.41, 5.74) is -3.55. The number of halogens is 8. The van der Waals surface area contributed by atoms with Gasteiger partial charge in [0.1, 0.15) is 0 Å². The molecule has 0 atom stereocenters. The van der Waals surface area contributed by atoms with Crippen LogP contribution >= 0.6 is 11.6 Å². The quantitative estimate of drug-likeness (QED) is 0.375. The van der Waals surface area contributed by atoms with Crippen molar-refractivity contribution < 1.29 is 30.7 Å². The fraction of sp³-hybridized carbons (Fsp3) is 0.143. The van der Waals surface area contributed by atoms with E-state index in [9.17, 15) is 30.7 Å². The van der Waals surface area contributed by atoms with E-state index in [1.807, 2.05) is 0 Å². The largest absolute Gasteiger partial charge is 0.416 e. The molecule has 0 saturated heterocycles. The van der Waals surface area contributed by atoms with Gasteiger partial charge in [-0.2, -0.15) is 13.2 Å². The molecule has 22 heavy (non-hydrogen) atoms. The van der Waals surface area contributed by atoms with E-state index in [1.165, 1.54) is 0 Å². The van der Waals surface area contributed by atoms with Gasteiger partial charge >= 0.3 is 6.18 Å². The van der Waals surface area contributed by atoms with Gasteiger partial charge in [0.05, 0.1) is 17.0 Å². The van der Waals surface area contributed by atoms with Gasteiger partial charge in [0.15, 0.2) is 23.3 Å². The molecule has 0 radical (unpaired) electrons. The standard InChI is InChI=1S/C14H6ClF7/c15-5-8-10(16)12(18)9(13(19)11(8)17)6-1-3-7(4-2-6)14(20,21)22/h1-4H,5H2. The summed E-state index contributed by atoms with van der Waals surface area (Å²) in [4.78, 5) is 0. The topological polar surface area (TPSA) is 0 Å². The molecule has 0 bridgehead atoms. The van der Waals surface area contributed by atoms with Crippen LogP contribution < -0.4 is 0 Å². The van der Waals surface area contributed by atoms with Crippen molar-refractivity contribution in [1.29, 1.82) is 0 Å². The Bertz CT molecular complexity index is 676. The smallest absolute Gasteiger partial charge is 0.203 e. The number of alkyl halides is 4. The molecular formula is C14H6ClF7. The second kappa shape index (κ2) is 5.79. The average molecular weight is 343 g/mol. The third-order valence-electron chi connectivity index (χ3n) is 2.99. The fourth-order valence-electron chi connectivity index (χ4n) is 1.87. The third-order valence-corrected chi connectivity index (χ3v) is 3.26. The van der Waals surface area contributed by atoms with Crippen LogP contribution in [-0.2, 0) is 12.1 Å². The second-order valence-electron chi connectivity index (χ2n) is 4.32. The second-order valence-corrected chi connectivity index (χ2v) is 4.59. The minimum absolute atomic E-state index is 0.429. The van der Waals surface area contributed by atoms with Gasteiger partial charge in [-0.25, -0.2) is 17.6 Å². The lowest BCUT2D eigenvalue weighted by molar-refractivity contribution is -0.137. The van der Waals surface area contributed by atoms with Crippen LogP contribution in [0.25, 0.3) is 11.1 Å². The molecule has 0 N–H and O–H groups in total. The molecule has 2 aromatic rings. The lowest BCUT2D eigenvalue weighted by atomic mass is 10.00. The summed E-state index contributed by atoms with van der Waals surface area (Å²) in [6, 6.07) is 2.56. The summed E-state index contributed by atoms with van der Waals surface area (Å²) in [5, 5.41) is 0. The van der Waals surface area contributed by atoms with E-state index in [4.69, 9.17) is 11.6 Å². The first kappa shape index (κ1) is 16.6. The SMILES string of the molecule is Fc1c(F)c(-c2ccc(C(F)(F)F)cc2)c(F)c(F)c1CCl. The first-order valence-electron chi connectivity index (χ1n) is 5.77. The maximum absolute atomic E-state index is 13.8. The van der Waals surface area contributed by atoms with Crippen LogP contribution in [0.15, 0.2) is 24.3 Å². The van der Waals surface area contributed by atoms with Crippen molar-refractivity contribution in [3.63, 3.8) is 0 Å². The number of hydrogen-bond donors (Lipinski definition) is 0. The Balaban J connectivity index is 2.63. The molecule has 0 aliphatic rings. The van der Waals surface area contributed by atoms with Crippen molar-refractivity contribution in [3.05, 3.63) is 58.7 Å². The monoisotopic (exact) mass is 342 g/mol. The van der Waals surface area contributed by atoms with Gasteiger partial charge in [0.2, 0.25) is 0 Å². The highest BCUT2D eigenvalue weighted by Crippen LogP contribution is 2.35. The highest BCUT2D eigenvalue weighted by Gasteiger charge is 2.31. The molecule has 2 rings (SSSR count). The highest BCUT2D eigenvalue weighted by atomic mass is 35.5. The zero-order valence-electron chi connectivity index (χ0n) is 10.5. The number of rotatable bonds is 2. The van der Waals surface area contributed by atoms with Crippen LogP contribution in [0.5, 0.6) is 0 Å². The Morgan fingerprint density at radius 3 is 1.59 bits per heavy atom. The Morgan fingerprint density at radius 2 is 1.23 bits per heavy atom. The summed E-state index contributed by atoms with van der Waals surface area (Å²) in [7, 11) is 0. The zero-order valence-corrected chi connectivity index (χ0v) is 11.3.